The molecule has 2 N–H and O–H groups in total. The van der Waals surface area contributed by atoms with Crippen LogP contribution in [0, 0.1) is 5.41 Å². The Bertz CT molecular complexity index is 1310. The Labute approximate surface area is 194 Å². The standard InChI is InChI=1S/C23H20Cl2N6O/c24-15-10-27-11-16(25)18(15)21-29-17-12-28-22(30-20(17)32-21)31-7-5-23(6-8-31)9-13-3-1-2-4-14(13)19(23)26/h1-4,10-12,19H,5-9,26H2/t19-/m1/s1. The lowest BCUT2D eigenvalue weighted by Crippen LogP contribution is -2.44. The Balaban J connectivity index is 1.25. The molecule has 1 aliphatic heterocycles. The van der Waals surface area contributed by atoms with Crippen LogP contribution in [0.2, 0.25) is 10.0 Å². The number of nitrogens with zero attached hydrogens (tertiary/aromatic N) is 5. The third-order valence-electron chi connectivity index (χ3n) is 6.84. The van der Waals surface area contributed by atoms with E-state index in [0.29, 0.717) is 38.7 Å². The van der Waals surface area contributed by atoms with E-state index in [1.807, 2.05) is 0 Å². The van der Waals surface area contributed by atoms with Gasteiger partial charge in [0, 0.05) is 31.5 Å². The number of pyridine rings is 1. The second-order valence-corrected chi connectivity index (χ2v) is 9.37. The fourth-order valence-corrected chi connectivity index (χ4v) is 5.59. The van der Waals surface area contributed by atoms with Crippen LogP contribution in [0.1, 0.15) is 30.0 Å². The molecule has 7 nitrogen and oxygen atoms in total. The Morgan fingerprint density at radius 2 is 1.78 bits per heavy atom. The van der Waals surface area contributed by atoms with Crippen LogP contribution in [0.4, 0.5) is 5.95 Å². The van der Waals surface area contributed by atoms with E-state index in [1.54, 1.807) is 6.20 Å². The summed E-state index contributed by atoms with van der Waals surface area (Å²) in [6, 6.07) is 8.63. The van der Waals surface area contributed by atoms with Gasteiger partial charge in [-0.15, -0.1) is 0 Å². The van der Waals surface area contributed by atoms with Crippen LogP contribution in [-0.2, 0) is 6.42 Å². The Hall–Kier alpha value is -2.74. The van der Waals surface area contributed by atoms with Crippen LogP contribution >= 0.6 is 23.2 Å². The minimum absolute atomic E-state index is 0.0796. The number of halogens is 2. The van der Waals surface area contributed by atoms with Crippen molar-refractivity contribution in [3.63, 3.8) is 0 Å². The van der Waals surface area contributed by atoms with Gasteiger partial charge in [0.05, 0.1) is 21.8 Å². The van der Waals surface area contributed by atoms with Crippen molar-refractivity contribution in [1.82, 2.24) is 19.9 Å². The summed E-state index contributed by atoms with van der Waals surface area (Å²) in [4.78, 5) is 19.8. The van der Waals surface area contributed by atoms with Crippen molar-refractivity contribution in [3.8, 4) is 11.5 Å². The molecule has 4 aromatic rings. The molecule has 0 saturated carbocycles. The lowest BCUT2D eigenvalue weighted by Gasteiger charge is -2.42. The predicted molar refractivity (Wildman–Crippen MR) is 124 cm³/mol. The Morgan fingerprint density at radius 3 is 2.53 bits per heavy atom. The second-order valence-electron chi connectivity index (χ2n) is 8.56. The number of oxazole rings is 1. The van der Waals surface area contributed by atoms with E-state index in [-0.39, 0.29) is 11.5 Å². The van der Waals surface area contributed by atoms with Gasteiger partial charge in [0.15, 0.2) is 0 Å². The smallest absolute Gasteiger partial charge is 0.252 e. The maximum atomic E-state index is 6.70. The minimum atomic E-state index is 0.0796. The summed E-state index contributed by atoms with van der Waals surface area (Å²) in [5, 5.41) is 0.736. The number of aromatic nitrogens is 4. The summed E-state index contributed by atoms with van der Waals surface area (Å²) in [5.74, 6) is 0.933. The highest BCUT2D eigenvalue weighted by atomic mass is 35.5. The van der Waals surface area contributed by atoms with Crippen LogP contribution in [0.5, 0.6) is 0 Å². The number of hydrogen-bond acceptors (Lipinski definition) is 7. The Morgan fingerprint density at radius 1 is 1.03 bits per heavy atom. The molecule has 1 aliphatic carbocycles. The highest BCUT2D eigenvalue weighted by Gasteiger charge is 2.46. The molecule has 162 valence electrons. The number of hydrogen-bond donors (Lipinski definition) is 1. The SMILES string of the molecule is N[C@@H]1c2ccccc2CC12CCN(c1ncc3nc(-c4c(Cl)cncc4Cl)oc3n1)CC2. The zero-order chi connectivity index (χ0) is 21.9. The number of benzene rings is 1. The molecule has 4 heterocycles. The molecule has 1 atom stereocenters. The average molecular weight is 467 g/mol. The summed E-state index contributed by atoms with van der Waals surface area (Å²) in [5.41, 5.74) is 10.9. The maximum Gasteiger partial charge on any atom is 0.252 e. The van der Waals surface area contributed by atoms with Gasteiger partial charge >= 0.3 is 0 Å². The van der Waals surface area contributed by atoms with Crippen molar-refractivity contribution >= 4 is 40.4 Å². The third kappa shape index (κ3) is 3.07. The van der Waals surface area contributed by atoms with Crippen molar-refractivity contribution in [2.75, 3.05) is 18.0 Å². The molecule has 6 rings (SSSR count). The molecule has 0 unspecified atom stereocenters. The molecule has 1 fully saturated rings. The fourth-order valence-electron chi connectivity index (χ4n) is 5.06. The lowest BCUT2D eigenvalue weighted by molar-refractivity contribution is 0.187. The molecule has 0 radical (unpaired) electrons. The first-order chi connectivity index (χ1) is 15.5. The van der Waals surface area contributed by atoms with Crippen molar-refractivity contribution in [2.24, 2.45) is 11.1 Å². The Kier molecular flexibility index (Phi) is 4.61. The van der Waals surface area contributed by atoms with Crippen LogP contribution in [-0.4, -0.2) is 33.0 Å². The highest BCUT2D eigenvalue weighted by molar-refractivity contribution is 6.38. The fraction of sp³-hybridized carbons (Fsp3) is 0.304. The summed E-state index contributed by atoms with van der Waals surface area (Å²) in [6.45, 7) is 1.69. The van der Waals surface area contributed by atoms with Gasteiger partial charge < -0.3 is 15.1 Å². The van der Waals surface area contributed by atoms with Crippen LogP contribution < -0.4 is 10.6 Å². The topological polar surface area (TPSA) is 94.0 Å². The van der Waals surface area contributed by atoms with Gasteiger partial charge in [0.2, 0.25) is 11.8 Å². The number of piperidine rings is 1. The highest BCUT2D eigenvalue weighted by Crippen LogP contribution is 2.50. The summed E-state index contributed by atoms with van der Waals surface area (Å²) >= 11 is 12.5. The van der Waals surface area contributed by atoms with E-state index in [2.05, 4.69) is 49.1 Å². The normalized spacial score (nSPS) is 19.6. The van der Waals surface area contributed by atoms with Crippen LogP contribution in [0.3, 0.4) is 0 Å². The van der Waals surface area contributed by atoms with E-state index >= 15 is 0 Å². The molecule has 0 amide bonds. The van der Waals surface area contributed by atoms with E-state index in [4.69, 9.17) is 33.4 Å². The molecule has 1 saturated heterocycles. The van der Waals surface area contributed by atoms with Gasteiger partial charge in [0.25, 0.3) is 5.71 Å². The first-order valence-corrected chi connectivity index (χ1v) is 11.3. The first-order valence-electron chi connectivity index (χ1n) is 10.6. The molecule has 9 heteroatoms. The van der Waals surface area contributed by atoms with Gasteiger partial charge in [-0.25, -0.2) is 9.97 Å². The number of anilines is 1. The van der Waals surface area contributed by atoms with Crippen LogP contribution in [0.25, 0.3) is 22.7 Å². The van der Waals surface area contributed by atoms with Crippen molar-refractivity contribution in [3.05, 3.63) is 64.0 Å². The molecule has 0 bridgehead atoms. The van der Waals surface area contributed by atoms with Gasteiger partial charge in [0.1, 0.15) is 5.52 Å². The van der Waals surface area contributed by atoms with E-state index < -0.39 is 0 Å². The summed E-state index contributed by atoms with van der Waals surface area (Å²) in [7, 11) is 0. The second kappa shape index (κ2) is 7.40. The molecule has 1 spiro atoms. The summed E-state index contributed by atoms with van der Waals surface area (Å²) < 4.78 is 5.89. The average Bonchev–Trinajstić information content (AvgIpc) is 3.33. The number of rotatable bonds is 2. The van der Waals surface area contributed by atoms with Crippen molar-refractivity contribution in [2.45, 2.75) is 25.3 Å². The minimum Gasteiger partial charge on any atom is -0.417 e. The molecule has 2 aliphatic rings. The number of nitrogens with two attached hydrogens (primary N) is 1. The third-order valence-corrected chi connectivity index (χ3v) is 7.41. The monoisotopic (exact) mass is 466 g/mol. The zero-order valence-corrected chi connectivity index (χ0v) is 18.6. The van der Waals surface area contributed by atoms with Crippen molar-refractivity contribution in [1.29, 1.82) is 0 Å². The van der Waals surface area contributed by atoms with Gasteiger partial charge in [-0.2, -0.15) is 4.98 Å². The van der Waals surface area contributed by atoms with Gasteiger partial charge in [-0.05, 0) is 35.8 Å². The van der Waals surface area contributed by atoms with E-state index in [9.17, 15) is 0 Å². The van der Waals surface area contributed by atoms with Crippen LogP contribution in [0.15, 0.2) is 47.3 Å². The van der Waals surface area contributed by atoms with E-state index in [0.717, 1.165) is 32.4 Å². The van der Waals surface area contributed by atoms with Crippen molar-refractivity contribution < 1.29 is 4.42 Å². The predicted octanol–water partition coefficient (Wildman–Crippen LogP) is 4.83. The first kappa shape index (κ1) is 19.9. The lowest BCUT2D eigenvalue weighted by atomic mass is 9.73. The molecular formula is C23H20Cl2N6O. The molecular weight excluding hydrogens is 447 g/mol. The van der Waals surface area contributed by atoms with E-state index in [1.165, 1.54) is 23.5 Å². The zero-order valence-electron chi connectivity index (χ0n) is 17.1. The number of fused-ring (bicyclic) bond motifs is 2. The maximum absolute atomic E-state index is 6.70. The van der Waals surface area contributed by atoms with Gasteiger partial charge in [-0.3, -0.25) is 4.98 Å². The van der Waals surface area contributed by atoms with Gasteiger partial charge in [-0.1, -0.05) is 47.5 Å². The molecule has 32 heavy (non-hydrogen) atoms. The quantitative estimate of drug-likeness (QED) is 0.451. The molecule has 1 aromatic carbocycles. The largest absolute Gasteiger partial charge is 0.417 e. The summed E-state index contributed by atoms with van der Waals surface area (Å²) in [6.07, 6.45) is 7.71. The molecule has 3 aromatic heterocycles.